The minimum absolute atomic E-state index is 0.0594. The number of carbonyl (C=O) groups is 4. The van der Waals surface area contributed by atoms with Gasteiger partial charge in [-0.1, -0.05) is 88.2 Å². The van der Waals surface area contributed by atoms with Gasteiger partial charge in [0.05, 0.1) is 23.8 Å². The van der Waals surface area contributed by atoms with Crippen LogP contribution in [0.4, 0.5) is 0 Å². The second-order valence-corrected chi connectivity index (χ2v) is 13.2. The lowest BCUT2D eigenvalue weighted by atomic mass is 9.56. The Morgan fingerprint density at radius 3 is 2.24 bits per heavy atom. The minimum Gasteiger partial charge on any atom is -0.507 e. The molecule has 6 unspecified atom stereocenters. The normalized spacial score (nSPS) is 32.2. The zero-order valence-electron chi connectivity index (χ0n) is 22.2. The number of carbonyl (C=O) groups excluding carboxylic acids is 4. The zero-order chi connectivity index (χ0) is 29.6. The van der Waals surface area contributed by atoms with E-state index in [1.54, 1.807) is 24.3 Å². The van der Waals surface area contributed by atoms with E-state index in [-0.39, 0.29) is 36.0 Å². The van der Waals surface area contributed by atoms with Crippen molar-refractivity contribution in [3.63, 3.8) is 0 Å². The third-order valence-electron chi connectivity index (χ3n) is 9.54. The van der Waals surface area contributed by atoms with E-state index < -0.39 is 45.2 Å². The summed E-state index contributed by atoms with van der Waals surface area (Å²) in [5.74, 6) is -4.60. The van der Waals surface area contributed by atoms with E-state index in [1.807, 2.05) is 48.5 Å². The van der Waals surface area contributed by atoms with E-state index in [4.69, 9.17) is 23.2 Å². The average molecular weight is 668 g/mol. The highest BCUT2D eigenvalue weighted by Crippen LogP contribution is 2.66. The molecule has 0 radical (unpaired) electrons. The summed E-state index contributed by atoms with van der Waals surface area (Å²) in [5.41, 5.74) is 2.09. The molecule has 4 amide bonds. The van der Waals surface area contributed by atoms with E-state index in [2.05, 4.69) is 15.9 Å². The molecule has 3 aromatic carbocycles. The predicted octanol–water partition coefficient (Wildman–Crippen LogP) is 5.46. The Bertz CT molecular complexity index is 1730. The van der Waals surface area contributed by atoms with Crippen LogP contribution in [0.3, 0.4) is 0 Å². The van der Waals surface area contributed by atoms with E-state index in [1.165, 1.54) is 4.90 Å². The van der Waals surface area contributed by atoms with Gasteiger partial charge >= 0.3 is 0 Å². The number of aromatic hydroxyl groups is 1. The number of imide groups is 2. The van der Waals surface area contributed by atoms with Crippen LogP contribution in [0.15, 0.2) is 78.4 Å². The summed E-state index contributed by atoms with van der Waals surface area (Å²) in [6.45, 7) is 0.153. The molecular formula is C32H25BrCl2N2O5. The molecule has 2 aliphatic carbocycles. The molecule has 3 fully saturated rings. The van der Waals surface area contributed by atoms with Crippen molar-refractivity contribution in [2.45, 2.75) is 35.1 Å². The molecule has 1 N–H and O–H groups in total. The molecule has 4 aliphatic rings. The molecule has 42 heavy (non-hydrogen) atoms. The first-order chi connectivity index (χ1) is 20.1. The number of benzene rings is 3. The molecule has 2 aliphatic heterocycles. The van der Waals surface area contributed by atoms with Gasteiger partial charge in [0, 0.05) is 11.3 Å². The number of alkyl halides is 3. The van der Waals surface area contributed by atoms with Gasteiger partial charge < -0.3 is 5.11 Å². The third-order valence-corrected chi connectivity index (χ3v) is 11.5. The van der Waals surface area contributed by atoms with Gasteiger partial charge in [0.25, 0.3) is 11.8 Å². The highest BCUT2D eigenvalue weighted by Gasteiger charge is 2.76. The number of allylic oxidation sites excluding steroid dienone is 2. The molecule has 10 heteroatoms. The summed E-state index contributed by atoms with van der Waals surface area (Å²) in [7, 11) is 0. The smallest absolute Gasteiger partial charge is 0.254 e. The molecule has 2 heterocycles. The molecule has 2 saturated heterocycles. The van der Waals surface area contributed by atoms with Gasteiger partial charge in [-0.15, -0.1) is 23.2 Å². The molecule has 0 bridgehead atoms. The van der Waals surface area contributed by atoms with Crippen LogP contribution in [0.1, 0.15) is 29.9 Å². The van der Waals surface area contributed by atoms with Gasteiger partial charge in [0.2, 0.25) is 11.8 Å². The fourth-order valence-electron chi connectivity index (χ4n) is 7.64. The number of hydrogen-bond donors (Lipinski definition) is 1. The number of phenols is 1. The van der Waals surface area contributed by atoms with Crippen molar-refractivity contribution < 1.29 is 24.3 Å². The van der Waals surface area contributed by atoms with Crippen LogP contribution in [-0.4, -0.2) is 53.7 Å². The largest absolute Gasteiger partial charge is 0.507 e. The molecule has 7 rings (SSSR count). The first-order valence-electron chi connectivity index (χ1n) is 13.7. The molecule has 3 aromatic rings. The maximum absolute atomic E-state index is 14.1. The first-order valence-corrected chi connectivity index (χ1v) is 15.6. The van der Waals surface area contributed by atoms with Crippen LogP contribution in [0.2, 0.25) is 0 Å². The Hall–Kier alpha value is -3.20. The van der Waals surface area contributed by atoms with Crippen molar-refractivity contribution in [2.75, 3.05) is 5.45 Å². The Kier molecular flexibility index (Phi) is 6.35. The quantitative estimate of drug-likeness (QED) is 0.173. The Balaban J connectivity index is 1.41. The lowest BCUT2D eigenvalue weighted by molar-refractivity contribution is -0.141. The number of fused-ring (bicyclic) bond motifs is 5. The van der Waals surface area contributed by atoms with Crippen LogP contribution in [0.25, 0.3) is 10.8 Å². The molecule has 0 aromatic heterocycles. The van der Waals surface area contributed by atoms with Crippen molar-refractivity contribution in [1.82, 2.24) is 9.80 Å². The minimum atomic E-state index is -1.90. The summed E-state index contributed by atoms with van der Waals surface area (Å²) < 4.78 is 0. The first kappa shape index (κ1) is 27.6. The van der Waals surface area contributed by atoms with Crippen LogP contribution in [0.5, 0.6) is 5.75 Å². The fourth-order valence-corrected chi connectivity index (χ4v) is 9.06. The van der Waals surface area contributed by atoms with Crippen molar-refractivity contribution in [3.05, 3.63) is 89.5 Å². The predicted molar refractivity (Wildman–Crippen MR) is 161 cm³/mol. The zero-order valence-corrected chi connectivity index (χ0v) is 25.3. The van der Waals surface area contributed by atoms with Crippen LogP contribution >= 0.6 is 39.1 Å². The lowest BCUT2D eigenvalue weighted by Crippen LogP contribution is -2.60. The van der Waals surface area contributed by atoms with Crippen molar-refractivity contribution in [1.29, 1.82) is 0 Å². The summed E-state index contributed by atoms with van der Waals surface area (Å²) in [6, 6.07) is 19.8. The van der Waals surface area contributed by atoms with Gasteiger partial charge in [-0.3, -0.25) is 29.0 Å². The van der Waals surface area contributed by atoms with Gasteiger partial charge in [0.1, 0.15) is 5.75 Å². The van der Waals surface area contributed by atoms with Crippen molar-refractivity contribution in [2.24, 2.45) is 17.8 Å². The average Bonchev–Trinajstić information content (AvgIpc) is 3.32. The Morgan fingerprint density at radius 2 is 1.52 bits per heavy atom. The number of hydrogen-bond acceptors (Lipinski definition) is 5. The van der Waals surface area contributed by atoms with Crippen molar-refractivity contribution >= 4 is 73.5 Å². The molecule has 1 saturated carbocycles. The molecule has 6 atom stereocenters. The SMILES string of the molecule is O=C1C2CC=C3C(CC4(Cl)C(=O)N(CBr)C(=O)C4(Cl)C3c3ccc(O)c4ccccc34)C2C(=O)N1Cc1ccccc1. The molecule has 0 spiro atoms. The standard InChI is InChI=1S/C32H25BrCl2N2O5/c33-16-37-29(41)31(34)14-23-21(10-11-22-25(23)28(40)36(27(22)39)15-17-6-2-1-3-7-17)26(32(31,35)30(37)42)20-12-13-24(38)19-9-5-4-8-18(19)20/h1-10,12-13,22-23,25-26,38H,11,14-16H2. The lowest BCUT2D eigenvalue weighted by Gasteiger charge is -2.51. The van der Waals surface area contributed by atoms with Crippen LogP contribution in [0, 0.1) is 17.8 Å². The molecule has 214 valence electrons. The second kappa shape index (κ2) is 9.66. The topological polar surface area (TPSA) is 95.0 Å². The van der Waals surface area contributed by atoms with E-state index in [0.29, 0.717) is 22.8 Å². The summed E-state index contributed by atoms with van der Waals surface area (Å²) in [6.07, 6.45) is 2.15. The number of likely N-dealkylation sites (tertiary alicyclic amines) is 2. The third kappa shape index (κ3) is 3.52. The highest BCUT2D eigenvalue weighted by molar-refractivity contribution is 9.09. The number of amides is 4. The van der Waals surface area contributed by atoms with E-state index in [9.17, 15) is 24.3 Å². The van der Waals surface area contributed by atoms with Gasteiger partial charge in [-0.25, -0.2) is 0 Å². The maximum Gasteiger partial charge on any atom is 0.254 e. The Labute approximate surface area is 260 Å². The highest BCUT2D eigenvalue weighted by atomic mass is 79.9. The number of halogens is 3. The monoisotopic (exact) mass is 666 g/mol. The number of nitrogens with zero attached hydrogens (tertiary/aromatic N) is 2. The fraction of sp³-hybridized carbons (Fsp3) is 0.312. The van der Waals surface area contributed by atoms with E-state index >= 15 is 0 Å². The Morgan fingerprint density at radius 1 is 0.833 bits per heavy atom. The molecule has 7 nitrogen and oxygen atoms in total. The van der Waals surface area contributed by atoms with Crippen LogP contribution in [-0.2, 0) is 25.7 Å². The summed E-state index contributed by atoms with van der Waals surface area (Å²) in [4.78, 5) is 54.1. The second-order valence-electron chi connectivity index (χ2n) is 11.5. The van der Waals surface area contributed by atoms with E-state index in [0.717, 1.165) is 16.0 Å². The van der Waals surface area contributed by atoms with Crippen LogP contribution < -0.4 is 0 Å². The summed E-state index contributed by atoms with van der Waals surface area (Å²) >= 11 is 17.9. The maximum atomic E-state index is 14.1. The number of rotatable bonds is 4. The number of phenolic OH excluding ortho intramolecular Hbond substituents is 1. The van der Waals surface area contributed by atoms with Gasteiger partial charge in [-0.05, 0) is 41.3 Å². The van der Waals surface area contributed by atoms with Gasteiger partial charge in [-0.2, -0.15) is 0 Å². The molecular weight excluding hydrogens is 643 g/mol. The summed E-state index contributed by atoms with van der Waals surface area (Å²) in [5, 5.41) is 11.9. The van der Waals surface area contributed by atoms with Crippen molar-refractivity contribution in [3.8, 4) is 5.75 Å². The van der Waals surface area contributed by atoms with Gasteiger partial charge in [0.15, 0.2) is 9.75 Å².